The zero-order chi connectivity index (χ0) is 10.7. The molecule has 1 atom stereocenters. The summed E-state index contributed by atoms with van der Waals surface area (Å²) in [5, 5.41) is 9.05. The quantitative estimate of drug-likeness (QED) is 0.865. The van der Waals surface area contributed by atoms with Crippen LogP contribution in [0.2, 0.25) is 0 Å². The van der Waals surface area contributed by atoms with Gasteiger partial charge in [-0.1, -0.05) is 41.9 Å². The summed E-state index contributed by atoms with van der Waals surface area (Å²) >= 11 is 3.32. The molecular formula is C11H14BrNaO2. The van der Waals surface area contributed by atoms with Crippen molar-refractivity contribution in [2.24, 2.45) is 5.92 Å². The Morgan fingerprint density at radius 1 is 1.27 bits per heavy atom. The van der Waals surface area contributed by atoms with Crippen molar-refractivity contribution < 1.29 is 9.90 Å². The Balaban J connectivity index is 0.00000196. The molecule has 15 heavy (non-hydrogen) atoms. The predicted octanol–water partition coefficient (Wildman–Crippen LogP) is 2.62. The Bertz CT molecular complexity index is 322. The summed E-state index contributed by atoms with van der Waals surface area (Å²) < 4.78 is 0.967. The van der Waals surface area contributed by atoms with E-state index in [1.807, 2.05) is 38.1 Å². The van der Waals surface area contributed by atoms with Gasteiger partial charge in [0, 0.05) is 4.47 Å². The van der Waals surface area contributed by atoms with Gasteiger partial charge in [0.2, 0.25) is 0 Å². The van der Waals surface area contributed by atoms with E-state index in [2.05, 4.69) is 15.9 Å². The standard InChI is InChI=1S/C11H13BrO2.Na.H/c1-7(2)10(11(13)14)8-3-5-9(12)6-4-8;;/h3-7,10H,1-2H3,(H,13,14);;. The molecular weight excluding hydrogens is 267 g/mol. The summed E-state index contributed by atoms with van der Waals surface area (Å²) in [5.74, 6) is -1.07. The summed E-state index contributed by atoms with van der Waals surface area (Å²) in [5.41, 5.74) is 0.857. The summed E-state index contributed by atoms with van der Waals surface area (Å²) in [6.07, 6.45) is 0. The third-order valence-corrected chi connectivity index (χ3v) is 2.69. The van der Waals surface area contributed by atoms with E-state index in [0.717, 1.165) is 10.0 Å². The predicted molar refractivity (Wildman–Crippen MR) is 66.5 cm³/mol. The van der Waals surface area contributed by atoms with Crippen LogP contribution >= 0.6 is 15.9 Å². The molecule has 1 aromatic carbocycles. The van der Waals surface area contributed by atoms with Gasteiger partial charge in [-0.05, 0) is 23.6 Å². The Hall–Kier alpha value is 0.170. The van der Waals surface area contributed by atoms with E-state index < -0.39 is 11.9 Å². The first-order valence-electron chi connectivity index (χ1n) is 4.50. The Labute approximate surface area is 120 Å². The van der Waals surface area contributed by atoms with Crippen LogP contribution in [0.4, 0.5) is 0 Å². The van der Waals surface area contributed by atoms with Crippen LogP contribution in [-0.2, 0) is 4.79 Å². The number of carboxylic acids is 1. The van der Waals surface area contributed by atoms with E-state index in [1.165, 1.54) is 0 Å². The maximum atomic E-state index is 11.0. The zero-order valence-electron chi connectivity index (χ0n) is 8.20. The molecule has 0 radical (unpaired) electrons. The molecule has 0 saturated carbocycles. The normalized spacial score (nSPS) is 12.0. The molecule has 0 amide bonds. The van der Waals surface area contributed by atoms with E-state index in [-0.39, 0.29) is 35.5 Å². The molecule has 0 aliphatic rings. The third kappa shape index (κ3) is 4.27. The van der Waals surface area contributed by atoms with E-state index >= 15 is 0 Å². The van der Waals surface area contributed by atoms with Crippen LogP contribution < -0.4 is 0 Å². The van der Waals surface area contributed by atoms with E-state index in [1.54, 1.807) is 0 Å². The summed E-state index contributed by atoms with van der Waals surface area (Å²) in [6.45, 7) is 3.83. The molecule has 0 aliphatic carbocycles. The van der Waals surface area contributed by atoms with Crippen LogP contribution in [-0.4, -0.2) is 40.6 Å². The molecule has 4 heteroatoms. The minimum atomic E-state index is -0.762. The van der Waals surface area contributed by atoms with Crippen LogP contribution in [0.25, 0.3) is 0 Å². The van der Waals surface area contributed by atoms with Crippen molar-refractivity contribution in [1.29, 1.82) is 0 Å². The molecule has 0 heterocycles. The van der Waals surface area contributed by atoms with Gasteiger partial charge in [-0.25, -0.2) is 0 Å². The molecule has 1 N–H and O–H groups in total. The fraction of sp³-hybridized carbons (Fsp3) is 0.364. The molecule has 0 fully saturated rings. The van der Waals surface area contributed by atoms with Crippen molar-refractivity contribution in [2.45, 2.75) is 19.8 Å². The van der Waals surface area contributed by atoms with E-state index in [0.29, 0.717) is 0 Å². The van der Waals surface area contributed by atoms with Crippen LogP contribution in [0.15, 0.2) is 28.7 Å². The van der Waals surface area contributed by atoms with Gasteiger partial charge in [0.1, 0.15) is 0 Å². The fourth-order valence-electron chi connectivity index (χ4n) is 1.48. The fourth-order valence-corrected chi connectivity index (χ4v) is 1.75. The van der Waals surface area contributed by atoms with Crippen LogP contribution in [0, 0.1) is 5.92 Å². The van der Waals surface area contributed by atoms with Gasteiger partial charge >= 0.3 is 35.5 Å². The van der Waals surface area contributed by atoms with Gasteiger partial charge in [0.25, 0.3) is 0 Å². The number of hydrogen-bond acceptors (Lipinski definition) is 1. The number of carboxylic acid groups (broad SMARTS) is 1. The second-order valence-corrected chi connectivity index (χ2v) is 4.53. The number of carbonyl (C=O) groups is 1. The van der Waals surface area contributed by atoms with Crippen molar-refractivity contribution >= 4 is 51.5 Å². The van der Waals surface area contributed by atoms with Gasteiger partial charge in [0.15, 0.2) is 0 Å². The third-order valence-electron chi connectivity index (χ3n) is 2.16. The van der Waals surface area contributed by atoms with Gasteiger partial charge in [-0.15, -0.1) is 0 Å². The van der Waals surface area contributed by atoms with Crippen LogP contribution in [0.3, 0.4) is 0 Å². The van der Waals surface area contributed by atoms with Crippen molar-refractivity contribution in [1.82, 2.24) is 0 Å². The zero-order valence-corrected chi connectivity index (χ0v) is 9.78. The molecule has 0 bridgehead atoms. The van der Waals surface area contributed by atoms with Gasteiger partial charge in [-0.3, -0.25) is 4.79 Å². The van der Waals surface area contributed by atoms with Crippen LogP contribution in [0.5, 0.6) is 0 Å². The summed E-state index contributed by atoms with van der Waals surface area (Å²) in [7, 11) is 0. The SMILES string of the molecule is CC(C)C(C(=O)O)c1ccc(Br)cc1.[NaH]. The van der Waals surface area contributed by atoms with Crippen molar-refractivity contribution in [3.05, 3.63) is 34.3 Å². The first-order valence-corrected chi connectivity index (χ1v) is 5.30. The topological polar surface area (TPSA) is 37.3 Å². The molecule has 1 aromatic rings. The van der Waals surface area contributed by atoms with Crippen LogP contribution in [0.1, 0.15) is 25.3 Å². The molecule has 0 spiro atoms. The number of rotatable bonds is 3. The molecule has 78 valence electrons. The number of aliphatic carboxylic acids is 1. The molecule has 2 nitrogen and oxygen atoms in total. The van der Waals surface area contributed by atoms with Gasteiger partial charge < -0.3 is 5.11 Å². The van der Waals surface area contributed by atoms with E-state index in [4.69, 9.17) is 5.11 Å². The second-order valence-electron chi connectivity index (χ2n) is 3.61. The Morgan fingerprint density at radius 2 is 1.73 bits per heavy atom. The number of hydrogen-bond donors (Lipinski definition) is 1. The van der Waals surface area contributed by atoms with Gasteiger partial charge in [0.05, 0.1) is 5.92 Å². The Morgan fingerprint density at radius 3 is 2.07 bits per heavy atom. The summed E-state index contributed by atoms with van der Waals surface area (Å²) in [6, 6.07) is 7.44. The second kappa shape index (κ2) is 6.69. The Kier molecular flexibility index (Phi) is 6.76. The minimum absolute atomic E-state index is 0. The molecule has 1 rings (SSSR count). The van der Waals surface area contributed by atoms with Crippen molar-refractivity contribution in [3.63, 3.8) is 0 Å². The summed E-state index contributed by atoms with van der Waals surface area (Å²) in [4.78, 5) is 11.0. The first-order chi connectivity index (χ1) is 6.52. The van der Waals surface area contributed by atoms with Crippen molar-refractivity contribution in [3.8, 4) is 0 Å². The molecule has 1 unspecified atom stereocenters. The van der Waals surface area contributed by atoms with Gasteiger partial charge in [-0.2, -0.15) is 0 Å². The first kappa shape index (κ1) is 15.2. The monoisotopic (exact) mass is 280 g/mol. The molecule has 0 aliphatic heterocycles. The average molecular weight is 281 g/mol. The molecule has 0 aromatic heterocycles. The number of halogens is 1. The maximum absolute atomic E-state index is 11.0. The average Bonchev–Trinajstić information content (AvgIpc) is 2.07. The number of benzene rings is 1. The van der Waals surface area contributed by atoms with E-state index in [9.17, 15) is 4.79 Å². The van der Waals surface area contributed by atoms with Crippen molar-refractivity contribution in [2.75, 3.05) is 0 Å². The molecule has 0 saturated heterocycles.